The zero-order chi connectivity index (χ0) is 20.9. The Kier molecular flexibility index (Phi) is 5.70. The SMILES string of the molecule is CC(=O)c1ccccc1-c1ccc2c(c1)CC(CNC(=O)/C=C/c1ccccn1)O2. The van der Waals surface area contributed by atoms with Crippen molar-refractivity contribution in [1.29, 1.82) is 0 Å². The molecule has 2 aromatic carbocycles. The van der Waals surface area contributed by atoms with Gasteiger partial charge in [0.2, 0.25) is 5.91 Å². The molecule has 5 nitrogen and oxygen atoms in total. The fourth-order valence-electron chi connectivity index (χ4n) is 3.55. The van der Waals surface area contributed by atoms with E-state index in [9.17, 15) is 9.59 Å². The van der Waals surface area contributed by atoms with Crippen molar-refractivity contribution < 1.29 is 14.3 Å². The Morgan fingerprint density at radius 2 is 1.97 bits per heavy atom. The number of benzene rings is 2. The van der Waals surface area contributed by atoms with Crippen LogP contribution in [0.3, 0.4) is 0 Å². The van der Waals surface area contributed by atoms with Crippen LogP contribution in [0.15, 0.2) is 72.9 Å². The Labute approximate surface area is 175 Å². The summed E-state index contributed by atoms with van der Waals surface area (Å²) in [5.41, 5.74) is 4.43. The summed E-state index contributed by atoms with van der Waals surface area (Å²) < 4.78 is 5.97. The first kappa shape index (κ1) is 19.6. The number of amides is 1. The molecule has 150 valence electrons. The van der Waals surface area contributed by atoms with Gasteiger partial charge in [0.25, 0.3) is 0 Å². The molecular weight excluding hydrogens is 376 g/mol. The third kappa shape index (κ3) is 4.46. The minimum atomic E-state index is -0.184. The molecular formula is C25H22N2O3. The minimum absolute atomic E-state index is 0.0432. The molecule has 3 aromatic rings. The average Bonchev–Trinajstić information content (AvgIpc) is 3.19. The van der Waals surface area contributed by atoms with E-state index in [1.165, 1.54) is 6.08 Å². The van der Waals surface area contributed by atoms with Crippen LogP contribution in [0.25, 0.3) is 17.2 Å². The number of Topliss-reactive ketones (excluding diaryl/α,β-unsaturated/α-hetero) is 1. The van der Waals surface area contributed by atoms with E-state index in [2.05, 4.69) is 16.4 Å². The minimum Gasteiger partial charge on any atom is -0.488 e. The Bertz CT molecular complexity index is 1110. The molecule has 0 bridgehead atoms. The normalized spacial score (nSPS) is 14.9. The van der Waals surface area contributed by atoms with Gasteiger partial charge in [-0.2, -0.15) is 0 Å². The molecule has 0 fully saturated rings. The summed E-state index contributed by atoms with van der Waals surface area (Å²) >= 11 is 0. The fraction of sp³-hybridized carbons (Fsp3) is 0.160. The van der Waals surface area contributed by atoms with Gasteiger partial charge in [0.15, 0.2) is 5.78 Å². The van der Waals surface area contributed by atoms with E-state index in [-0.39, 0.29) is 17.8 Å². The number of carbonyl (C=O) groups excluding carboxylic acids is 2. The summed E-state index contributed by atoms with van der Waals surface area (Å²) in [6.07, 6.45) is 5.42. The van der Waals surface area contributed by atoms with Crippen molar-refractivity contribution in [3.05, 3.63) is 89.8 Å². The highest BCUT2D eigenvalue weighted by atomic mass is 16.5. The lowest BCUT2D eigenvalue weighted by Gasteiger charge is -2.10. The highest BCUT2D eigenvalue weighted by Gasteiger charge is 2.24. The van der Waals surface area contributed by atoms with Crippen LogP contribution in [0.4, 0.5) is 0 Å². The smallest absolute Gasteiger partial charge is 0.244 e. The van der Waals surface area contributed by atoms with Gasteiger partial charge >= 0.3 is 0 Å². The van der Waals surface area contributed by atoms with Gasteiger partial charge < -0.3 is 10.1 Å². The largest absolute Gasteiger partial charge is 0.488 e. The molecule has 1 aromatic heterocycles. The van der Waals surface area contributed by atoms with E-state index in [0.29, 0.717) is 18.5 Å². The third-order valence-electron chi connectivity index (χ3n) is 5.02. The summed E-state index contributed by atoms with van der Waals surface area (Å²) in [6.45, 7) is 2.00. The van der Waals surface area contributed by atoms with Gasteiger partial charge in [0, 0.05) is 24.3 Å². The van der Waals surface area contributed by atoms with Crippen LogP contribution in [0, 0.1) is 0 Å². The lowest BCUT2D eigenvalue weighted by molar-refractivity contribution is -0.116. The Morgan fingerprint density at radius 1 is 1.13 bits per heavy atom. The second-order valence-corrected chi connectivity index (χ2v) is 7.20. The molecule has 1 N–H and O–H groups in total. The van der Waals surface area contributed by atoms with Gasteiger partial charge in [-0.25, -0.2) is 0 Å². The summed E-state index contributed by atoms with van der Waals surface area (Å²) in [7, 11) is 0. The van der Waals surface area contributed by atoms with E-state index in [0.717, 1.165) is 28.1 Å². The van der Waals surface area contributed by atoms with Gasteiger partial charge in [-0.15, -0.1) is 0 Å². The quantitative estimate of drug-likeness (QED) is 0.502. The molecule has 0 radical (unpaired) electrons. The number of carbonyl (C=O) groups is 2. The maximum atomic E-state index is 12.1. The molecule has 1 aliphatic heterocycles. The van der Waals surface area contributed by atoms with Crippen molar-refractivity contribution in [2.45, 2.75) is 19.4 Å². The zero-order valence-corrected chi connectivity index (χ0v) is 16.7. The maximum absolute atomic E-state index is 12.1. The van der Waals surface area contributed by atoms with Gasteiger partial charge in [0.05, 0.1) is 12.2 Å². The standard InChI is InChI=1S/C25H22N2O3/c1-17(28)22-7-2-3-8-23(22)18-9-11-24-19(14-18)15-21(30-24)16-27-25(29)12-10-20-6-4-5-13-26-20/h2-14,21H,15-16H2,1H3,(H,27,29)/b12-10+. The van der Waals surface area contributed by atoms with Crippen LogP contribution in [-0.2, 0) is 11.2 Å². The number of aromatic nitrogens is 1. The van der Waals surface area contributed by atoms with E-state index < -0.39 is 0 Å². The van der Waals surface area contributed by atoms with Crippen LogP contribution in [0.5, 0.6) is 5.75 Å². The van der Waals surface area contributed by atoms with Crippen LogP contribution in [-0.4, -0.2) is 29.3 Å². The molecule has 1 atom stereocenters. The summed E-state index contributed by atoms with van der Waals surface area (Å²) in [5, 5.41) is 2.88. The monoisotopic (exact) mass is 398 g/mol. The molecule has 1 aliphatic rings. The number of hydrogen-bond acceptors (Lipinski definition) is 4. The van der Waals surface area contributed by atoms with Crippen molar-refractivity contribution >= 4 is 17.8 Å². The summed E-state index contributed by atoms with van der Waals surface area (Å²) in [6, 6.07) is 19.1. The second kappa shape index (κ2) is 8.74. The molecule has 2 heterocycles. The maximum Gasteiger partial charge on any atom is 0.244 e. The molecule has 1 amide bonds. The molecule has 0 spiro atoms. The third-order valence-corrected chi connectivity index (χ3v) is 5.02. The molecule has 4 rings (SSSR count). The van der Waals surface area contributed by atoms with Crippen molar-refractivity contribution in [3.63, 3.8) is 0 Å². The Morgan fingerprint density at radius 3 is 2.77 bits per heavy atom. The zero-order valence-electron chi connectivity index (χ0n) is 16.7. The number of ether oxygens (including phenoxy) is 1. The lowest BCUT2D eigenvalue weighted by atomic mass is 9.95. The summed E-state index contributed by atoms with van der Waals surface area (Å²) in [4.78, 5) is 28.2. The first-order valence-corrected chi connectivity index (χ1v) is 9.87. The Hall–Kier alpha value is -3.73. The molecule has 30 heavy (non-hydrogen) atoms. The number of ketones is 1. The highest BCUT2D eigenvalue weighted by Crippen LogP contribution is 2.34. The van der Waals surface area contributed by atoms with Gasteiger partial charge in [-0.1, -0.05) is 36.4 Å². The molecule has 0 saturated carbocycles. The number of fused-ring (bicyclic) bond motifs is 1. The van der Waals surface area contributed by atoms with Crippen molar-refractivity contribution in [1.82, 2.24) is 10.3 Å². The fourth-order valence-corrected chi connectivity index (χ4v) is 3.55. The van der Waals surface area contributed by atoms with E-state index in [4.69, 9.17) is 4.74 Å². The van der Waals surface area contributed by atoms with Crippen LogP contribution < -0.4 is 10.1 Å². The first-order chi connectivity index (χ1) is 14.6. The van der Waals surface area contributed by atoms with E-state index in [1.807, 2.05) is 54.6 Å². The molecule has 1 unspecified atom stereocenters. The van der Waals surface area contributed by atoms with Gasteiger partial charge in [-0.05, 0) is 54.0 Å². The molecule has 5 heteroatoms. The van der Waals surface area contributed by atoms with Crippen LogP contribution in [0.2, 0.25) is 0 Å². The number of rotatable bonds is 6. The van der Waals surface area contributed by atoms with Crippen LogP contribution in [0.1, 0.15) is 28.5 Å². The molecule has 0 aliphatic carbocycles. The van der Waals surface area contributed by atoms with Crippen molar-refractivity contribution in [2.24, 2.45) is 0 Å². The Balaban J connectivity index is 1.39. The number of nitrogens with zero attached hydrogens (tertiary/aromatic N) is 1. The lowest BCUT2D eigenvalue weighted by Crippen LogP contribution is -2.33. The van der Waals surface area contributed by atoms with Gasteiger partial charge in [0.1, 0.15) is 11.9 Å². The average molecular weight is 398 g/mol. The summed E-state index contributed by atoms with van der Waals surface area (Å²) in [5.74, 6) is 0.681. The van der Waals surface area contributed by atoms with Gasteiger partial charge in [-0.3, -0.25) is 14.6 Å². The second-order valence-electron chi connectivity index (χ2n) is 7.20. The number of hydrogen-bond donors (Lipinski definition) is 1. The van der Waals surface area contributed by atoms with Crippen LogP contribution >= 0.6 is 0 Å². The van der Waals surface area contributed by atoms with Crippen molar-refractivity contribution in [2.75, 3.05) is 6.54 Å². The predicted molar refractivity (Wildman–Crippen MR) is 116 cm³/mol. The molecule has 0 saturated heterocycles. The first-order valence-electron chi connectivity index (χ1n) is 9.87. The number of pyridine rings is 1. The van der Waals surface area contributed by atoms with Crippen molar-refractivity contribution in [3.8, 4) is 16.9 Å². The van der Waals surface area contributed by atoms with E-state index in [1.54, 1.807) is 19.2 Å². The predicted octanol–water partition coefficient (Wildman–Crippen LogP) is 4.08. The topological polar surface area (TPSA) is 68.3 Å². The van der Waals surface area contributed by atoms with E-state index >= 15 is 0 Å². The highest BCUT2D eigenvalue weighted by molar-refractivity contribution is 6.00. The number of nitrogens with one attached hydrogen (secondary N) is 1.